The van der Waals surface area contributed by atoms with Gasteiger partial charge in [-0.15, -0.1) is 0 Å². The predicted molar refractivity (Wildman–Crippen MR) is 105 cm³/mol. The first kappa shape index (κ1) is 20.4. The van der Waals surface area contributed by atoms with Crippen molar-refractivity contribution in [3.05, 3.63) is 39.9 Å². The highest BCUT2D eigenvalue weighted by Gasteiger charge is 2.54. The number of halogens is 2. The molecule has 1 aromatic heterocycles. The van der Waals surface area contributed by atoms with Crippen LogP contribution in [-0.2, 0) is 16.4 Å². The molecule has 0 amide bonds. The maximum Gasteiger partial charge on any atom is 0.211 e. The summed E-state index contributed by atoms with van der Waals surface area (Å²) in [5, 5.41) is 17.3. The van der Waals surface area contributed by atoms with Crippen LogP contribution in [0.3, 0.4) is 0 Å². The Morgan fingerprint density at radius 3 is 2.79 bits per heavy atom. The van der Waals surface area contributed by atoms with E-state index in [0.29, 0.717) is 36.8 Å². The summed E-state index contributed by atoms with van der Waals surface area (Å²) in [6, 6.07) is 4.19. The lowest BCUT2D eigenvalue weighted by Gasteiger charge is -2.58. The number of amidine groups is 1. The van der Waals surface area contributed by atoms with Crippen LogP contribution in [0.1, 0.15) is 24.2 Å². The molecule has 2 aromatic rings. The second-order valence-electron chi connectivity index (χ2n) is 7.74. The Bertz CT molecular complexity index is 1060. The third-order valence-corrected chi connectivity index (χ3v) is 7.25. The van der Waals surface area contributed by atoms with Gasteiger partial charge in [-0.05, 0) is 69.9 Å². The fourth-order valence-corrected chi connectivity index (χ4v) is 5.50. The van der Waals surface area contributed by atoms with Crippen molar-refractivity contribution in [1.29, 1.82) is 0 Å². The van der Waals surface area contributed by atoms with Crippen molar-refractivity contribution in [3.8, 4) is 0 Å². The average molecular weight is 488 g/mol. The van der Waals surface area contributed by atoms with Gasteiger partial charge in [0.1, 0.15) is 11.5 Å². The van der Waals surface area contributed by atoms with E-state index >= 15 is 0 Å². The van der Waals surface area contributed by atoms with E-state index in [9.17, 15) is 18.0 Å². The molecule has 9 nitrogen and oxygen atoms in total. The Kier molecular flexibility index (Phi) is 5.21. The second kappa shape index (κ2) is 7.42. The molecule has 0 unspecified atom stereocenters. The molecule has 12 heteroatoms. The number of sulfonamides is 1. The van der Waals surface area contributed by atoms with E-state index in [2.05, 4.69) is 31.2 Å². The Morgan fingerprint density at radius 1 is 1.45 bits per heavy atom. The summed E-state index contributed by atoms with van der Waals surface area (Å²) in [7, 11) is -3.12. The van der Waals surface area contributed by atoms with Crippen molar-refractivity contribution in [3.63, 3.8) is 0 Å². The van der Waals surface area contributed by atoms with Crippen molar-refractivity contribution in [2.24, 2.45) is 16.3 Å². The molecule has 1 spiro atoms. The molecule has 2 fully saturated rings. The van der Waals surface area contributed by atoms with E-state index in [-0.39, 0.29) is 21.4 Å². The quantitative estimate of drug-likeness (QED) is 0.376. The van der Waals surface area contributed by atoms with Gasteiger partial charge in [0, 0.05) is 13.1 Å². The number of nitrogens with zero attached hydrogens (tertiary/aromatic N) is 4. The largest absolute Gasteiger partial charge is 0.290 e. The molecule has 0 radical (unpaired) electrons. The summed E-state index contributed by atoms with van der Waals surface area (Å²) >= 11 is 3.10. The molecule has 29 heavy (non-hydrogen) atoms. The number of aromatic nitrogens is 2. The van der Waals surface area contributed by atoms with E-state index < -0.39 is 15.8 Å². The number of hydrogen-bond acceptors (Lipinski definition) is 7. The molecule has 1 aromatic carbocycles. The van der Waals surface area contributed by atoms with Gasteiger partial charge in [-0.25, -0.2) is 26.7 Å². The van der Waals surface area contributed by atoms with Gasteiger partial charge in [-0.2, -0.15) is 0 Å². The van der Waals surface area contributed by atoms with Gasteiger partial charge in [0.05, 0.1) is 16.4 Å². The molecule has 1 aliphatic carbocycles. The lowest BCUT2D eigenvalue weighted by atomic mass is 9.57. The third kappa shape index (κ3) is 4.06. The normalized spacial score (nSPS) is 19.8. The van der Waals surface area contributed by atoms with Crippen LogP contribution in [0.4, 0.5) is 10.1 Å². The molecule has 1 aliphatic heterocycles. The smallest absolute Gasteiger partial charge is 0.211 e. The number of aliphatic imine (C=N–C) groups is 1. The van der Waals surface area contributed by atoms with Gasteiger partial charge in [0.15, 0.2) is 11.5 Å². The van der Waals surface area contributed by atoms with E-state index in [1.165, 1.54) is 28.8 Å². The van der Waals surface area contributed by atoms with Gasteiger partial charge < -0.3 is 0 Å². The molecule has 156 valence electrons. The Labute approximate surface area is 175 Å². The van der Waals surface area contributed by atoms with Crippen LogP contribution >= 0.6 is 15.9 Å². The molecule has 2 heterocycles. The van der Waals surface area contributed by atoms with Crippen molar-refractivity contribution in [1.82, 2.24) is 20.1 Å². The minimum atomic E-state index is -3.12. The highest BCUT2D eigenvalue weighted by Crippen LogP contribution is 2.53. The number of nitrogens with one attached hydrogen (secondary N) is 1. The molecular formula is C17H19BrFN5O4S. The van der Waals surface area contributed by atoms with Crippen LogP contribution in [0.2, 0.25) is 0 Å². The minimum Gasteiger partial charge on any atom is -0.290 e. The van der Waals surface area contributed by atoms with Crippen LogP contribution in [-0.4, -0.2) is 53.4 Å². The lowest BCUT2D eigenvalue weighted by molar-refractivity contribution is -0.0523. The van der Waals surface area contributed by atoms with Crippen LogP contribution in [0.15, 0.2) is 32.3 Å². The summed E-state index contributed by atoms with van der Waals surface area (Å²) < 4.78 is 43.1. The molecule has 0 atom stereocenters. The minimum absolute atomic E-state index is 0.0423. The third-order valence-electron chi connectivity index (χ3n) is 5.45. The van der Waals surface area contributed by atoms with Gasteiger partial charge in [-0.1, -0.05) is 5.16 Å². The van der Waals surface area contributed by atoms with E-state index in [1.807, 2.05) is 5.48 Å². The van der Waals surface area contributed by atoms with Crippen molar-refractivity contribution in [2.75, 3.05) is 19.3 Å². The fourth-order valence-electron chi connectivity index (χ4n) is 4.11. The van der Waals surface area contributed by atoms with Crippen LogP contribution in [0.25, 0.3) is 0 Å². The maximum atomic E-state index is 13.4. The molecule has 0 bridgehead atoms. The number of hydroxylamine groups is 1. The summed E-state index contributed by atoms with van der Waals surface area (Å²) in [4.78, 5) is 4.25. The topological polar surface area (TPSA) is 121 Å². The maximum absolute atomic E-state index is 13.4. The predicted octanol–water partition coefficient (Wildman–Crippen LogP) is 2.24. The second-order valence-corrected chi connectivity index (χ2v) is 10.6. The first-order valence-electron chi connectivity index (χ1n) is 8.90. The van der Waals surface area contributed by atoms with Crippen LogP contribution in [0.5, 0.6) is 0 Å². The summed E-state index contributed by atoms with van der Waals surface area (Å²) in [6.45, 7) is 1.13. The van der Waals surface area contributed by atoms with Gasteiger partial charge in [0.25, 0.3) is 0 Å². The highest BCUT2D eigenvalue weighted by atomic mass is 79.9. The van der Waals surface area contributed by atoms with Crippen molar-refractivity contribution < 1.29 is 22.6 Å². The molecule has 4 rings (SSSR count). The van der Waals surface area contributed by atoms with Crippen molar-refractivity contribution >= 4 is 37.5 Å². The zero-order chi connectivity index (χ0) is 20.8. The average Bonchev–Trinajstić information content (AvgIpc) is 3.03. The zero-order valence-corrected chi connectivity index (χ0v) is 17.9. The Hall–Kier alpha value is -1.89. The van der Waals surface area contributed by atoms with Gasteiger partial charge in [0.2, 0.25) is 10.0 Å². The highest BCUT2D eigenvalue weighted by molar-refractivity contribution is 9.10. The lowest BCUT2D eigenvalue weighted by Crippen LogP contribution is -2.63. The summed E-state index contributed by atoms with van der Waals surface area (Å²) in [6.07, 6.45) is 3.60. The number of benzene rings is 1. The zero-order valence-electron chi connectivity index (χ0n) is 15.5. The Balaban J connectivity index is 1.44. The van der Waals surface area contributed by atoms with E-state index in [1.54, 1.807) is 0 Å². The van der Waals surface area contributed by atoms with Gasteiger partial charge >= 0.3 is 0 Å². The van der Waals surface area contributed by atoms with E-state index in [0.717, 1.165) is 12.8 Å². The van der Waals surface area contributed by atoms with Crippen LogP contribution < -0.4 is 5.48 Å². The number of hydrogen-bond donors (Lipinski definition) is 2. The molecular weight excluding hydrogens is 469 g/mol. The fraction of sp³-hybridized carbons (Fsp3) is 0.471. The van der Waals surface area contributed by atoms with Crippen LogP contribution in [0, 0.1) is 17.2 Å². The molecule has 1 saturated carbocycles. The monoisotopic (exact) mass is 487 g/mol. The summed E-state index contributed by atoms with van der Waals surface area (Å²) in [5.74, 6) is -0.0569. The molecule has 1 saturated heterocycles. The number of rotatable bonds is 5. The van der Waals surface area contributed by atoms with E-state index in [4.69, 9.17) is 4.63 Å². The SMILES string of the molecule is CS(=O)(=O)N1CC2(CC(Cc3nonc3C(=Nc3ccc(F)c(Br)c3)NO)C2)C1. The molecule has 2 N–H and O–H groups in total. The first-order chi connectivity index (χ1) is 13.7. The standard InChI is InChI=1S/C17H19BrFN5O4S/c1-29(26,27)24-8-17(9-24)6-10(7-17)4-14-15(23-28-22-14)16(21-25)20-11-2-3-13(19)12(18)5-11/h2-3,5,10,25H,4,6-9H2,1H3,(H,20,21). The van der Waals surface area contributed by atoms with Gasteiger partial charge in [-0.3, -0.25) is 10.7 Å². The summed E-state index contributed by atoms with van der Waals surface area (Å²) in [5.41, 5.74) is 3.30. The Morgan fingerprint density at radius 2 is 2.17 bits per heavy atom. The molecule has 2 aliphatic rings. The first-order valence-corrected chi connectivity index (χ1v) is 11.5. The van der Waals surface area contributed by atoms with Crippen molar-refractivity contribution in [2.45, 2.75) is 19.3 Å².